The molecule has 1 aliphatic heterocycles. The van der Waals surface area contributed by atoms with Crippen LogP contribution in [-0.2, 0) is 4.79 Å². The van der Waals surface area contributed by atoms with Gasteiger partial charge in [-0.05, 0) is 36.3 Å². The standard InChI is InChI=1S/C13H15NO2/c15-13(16)12-10-6-3-5-8(10)9-4-1-2-7-11(9)14-12/h1-2,4,7-8,10,12,14H,3,5-6H2,(H,15,16). The second-order valence-corrected chi connectivity index (χ2v) is 4.75. The van der Waals surface area contributed by atoms with Gasteiger partial charge in [0.05, 0.1) is 0 Å². The molecule has 1 aromatic rings. The maximum atomic E-state index is 11.2. The van der Waals surface area contributed by atoms with E-state index in [1.807, 2.05) is 18.2 Å². The van der Waals surface area contributed by atoms with Crippen LogP contribution in [0.4, 0.5) is 5.69 Å². The van der Waals surface area contributed by atoms with E-state index in [2.05, 4.69) is 11.4 Å². The molecule has 3 nitrogen and oxygen atoms in total. The highest BCUT2D eigenvalue weighted by Gasteiger charge is 2.42. The highest BCUT2D eigenvalue weighted by molar-refractivity contribution is 5.80. The first kappa shape index (κ1) is 9.70. The molecule has 2 N–H and O–H groups in total. The maximum absolute atomic E-state index is 11.2. The van der Waals surface area contributed by atoms with Gasteiger partial charge in [0, 0.05) is 5.69 Å². The molecule has 0 amide bonds. The Morgan fingerprint density at radius 2 is 2.12 bits per heavy atom. The zero-order valence-electron chi connectivity index (χ0n) is 9.02. The van der Waals surface area contributed by atoms with Crippen molar-refractivity contribution >= 4 is 11.7 Å². The first-order valence-corrected chi connectivity index (χ1v) is 5.85. The van der Waals surface area contributed by atoms with Crippen molar-refractivity contribution in [2.24, 2.45) is 5.92 Å². The lowest BCUT2D eigenvalue weighted by Crippen LogP contribution is -2.41. The van der Waals surface area contributed by atoms with Crippen molar-refractivity contribution in [2.45, 2.75) is 31.2 Å². The summed E-state index contributed by atoms with van der Waals surface area (Å²) in [5.41, 5.74) is 2.32. The Bertz CT molecular complexity index is 430. The van der Waals surface area contributed by atoms with Gasteiger partial charge in [0.2, 0.25) is 0 Å². The number of anilines is 1. The molecular formula is C13H15NO2. The molecule has 0 bridgehead atoms. The van der Waals surface area contributed by atoms with Crippen LogP contribution in [0.15, 0.2) is 24.3 Å². The van der Waals surface area contributed by atoms with Crippen molar-refractivity contribution in [3.8, 4) is 0 Å². The molecule has 84 valence electrons. The highest BCUT2D eigenvalue weighted by atomic mass is 16.4. The Morgan fingerprint density at radius 1 is 1.31 bits per heavy atom. The van der Waals surface area contributed by atoms with Crippen molar-refractivity contribution < 1.29 is 9.90 Å². The molecular weight excluding hydrogens is 202 g/mol. The molecule has 16 heavy (non-hydrogen) atoms. The van der Waals surface area contributed by atoms with Crippen molar-refractivity contribution in [3.05, 3.63) is 29.8 Å². The van der Waals surface area contributed by atoms with Gasteiger partial charge in [-0.1, -0.05) is 24.6 Å². The van der Waals surface area contributed by atoms with Gasteiger partial charge in [-0.2, -0.15) is 0 Å². The third-order valence-corrected chi connectivity index (χ3v) is 3.93. The number of carboxylic acid groups (broad SMARTS) is 1. The number of hydrogen-bond acceptors (Lipinski definition) is 2. The largest absolute Gasteiger partial charge is 0.480 e. The molecule has 1 aromatic carbocycles. The summed E-state index contributed by atoms with van der Waals surface area (Å²) in [4.78, 5) is 11.2. The summed E-state index contributed by atoms with van der Waals surface area (Å²) in [6.07, 6.45) is 3.31. The van der Waals surface area contributed by atoms with Crippen LogP contribution in [0.1, 0.15) is 30.7 Å². The van der Waals surface area contributed by atoms with E-state index in [9.17, 15) is 9.90 Å². The van der Waals surface area contributed by atoms with Crippen LogP contribution >= 0.6 is 0 Å². The number of hydrogen-bond donors (Lipinski definition) is 2. The van der Waals surface area contributed by atoms with Gasteiger partial charge in [-0.3, -0.25) is 0 Å². The molecule has 3 atom stereocenters. The molecule has 1 heterocycles. The van der Waals surface area contributed by atoms with Crippen molar-refractivity contribution in [1.82, 2.24) is 0 Å². The number of carboxylic acids is 1. The van der Waals surface area contributed by atoms with Crippen molar-refractivity contribution in [2.75, 3.05) is 5.32 Å². The molecule has 3 unspecified atom stereocenters. The summed E-state index contributed by atoms with van der Waals surface area (Å²) in [6, 6.07) is 7.71. The quantitative estimate of drug-likeness (QED) is 0.759. The molecule has 1 aliphatic carbocycles. The SMILES string of the molecule is O=C(O)C1Nc2ccccc2C2CCCC12. The second-order valence-electron chi connectivity index (χ2n) is 4.75. The minimum Gasteiger partial charge on any atom is -0.480 e. The number of nitrogens with one attached hydrogen (secondary N) is 1. The Labute approximate surface area is 94.5 Å². The third-order valence-electron chi connectivity index (χ3n) is 3.93. The molecule has 3 rings (SSSR count). The Kier molecular flexibility index (Phi) is 2.13. The molecule has 1 saturated carbocycles. The van der Waals surface area contributed by atoms with E-state index in [0.717, 1.165) is 24.9 Å². The van der Waals surface area contributed by atoms with Crippen LogP contribution in [-0.4, -0.2) is 17.1 Å². The van der Waals surface area contributed by atoms with E-state index >= 15 is 0 Å². The van der Waals surface area contributed by atoms with Crippen molar-refractivity contribution in [3.63, 3.8) is 0 Å². The fourth-order valence-corrected chi connectivity index (χ4v) is 3.25. The van der Waals surface area contributed by atoms with Gasteiger partial charge >= 0.3 is 5.97 Å². The van der Waals surface area contributed by atoms with Crippen LogP contribution in [0.2, 0.25) is 0 Å². The third kappa shape index (κ3) is 1.31. The molecule has 3 heteroatoms. The predicted octanol–water partition coefficient (Wildman–Crippen LogP) is 2.45. The van der Waals surface area contributed by atoms with Crippen LogP contribution in [0, 0.1) is 5.92 Å². The maximum Gasteiger partial charge on any atom is 0.326 e. The van der Waals surface area contributed by atoms with Gasteiger partial charge in [0.15, 0.2) is 0 Å². The number of aliphatic carboxylic acids is 1. The zero-order chi connectivity index (χ0) is 11.1. The summed E-state index contributed by atoms with van der Waals surface area (Å²) < 4.78 is 0. The van der Waals surface area contributed by atoms with Gasteiger partial charge < -0.3 is 10.4 Å². The zero-order valence-corrected chi connectivity index (χ0v) is 9.02. The van der Waals surface area contributed by atoms with Crippen molar-refractivity contribution in [1.29, 1.82) is 0 Å². The lowest BCUT2D eigenvalue weighted by molar-refractivity contribution is -0.139. The molecule has 0 spiro atoms. The number of para-hydroxylation sites is 1. The number of fused-ring (bicyclic) bond motifs is 3. The molecule has 0 radical (unpaired) electrons. The van der Waals surface area contributed by atoms with E-state index in [1.54, 1.807) is 0 Å². The minimum atomic E-state index is -0.716. The lowest BCUT2D eigenvalue weighted by atomic mass is 9.80. The fourth-order valence-electron chi connectivity index (χ4n) is 3.25. The van der Waals surface area contributed by atoms with E-state index < -0.39 is 12.0 Å². The summed E-state index contributed by atoms with van der Waals surface area (Å²) in [6.45, 7) is 0. The minimum absolute atomic E-state index is 0.271. The van der Waals surface area contributed by atoms with Crippen LogP contribution in [0.3, 0.4) is 0 Å². The van der Waals surface area contributed by atoms with E-state index in [-0.39, 0.29) is 5.92 Å². The molecule has 0 saturated heterocycles. The van der Waals surface area contributed by atoms with Crippen LogP contribution < -0.4 is 5.32 Å². The Balaban J connectivity index is 2.05. The van der Waals surface area contributed by atoms with Gasteiger partial charge in [-0.25, -0.2) is 4.79 Å². The van der Waals surface area contributed by atoms with Gasteiger partial charge in [-0.15, -0.1) is 0 Å². The topological polar surface area (TPSA) is 49.3 Å². The van der Waals surface area contributed by atoms with Crippen LogP contribution in [0.5, 0.6) is 0 Å². The Morgan fingerprint density at radius 3 is 2.94 bits per heavy atom. The monoisotopic (exact) mass is 217 g/mol. The van der Waals surface area contributed by atoms with Crippen LogP contribution in [0.25, 0.3) is 0 Å². The number of benzene rings is 1. The Hall–Kier alpha value is -1.51. The summed E-state index contributed by atoms with van der Waals surface area (Å²) >= 11 is 0. The number of carbonyl (C=O) groups is 1. The number of rotatable bonds is 1. The van der Waals surface area contributed by atoms with Gasteiger partial charge in [0.1, 0.15) is 6.04 Å². The second kappa shape index (κ2) is 3.51. The predicted molar refractivity (Wildman–Crippen MR) is 61.6 cm³/mol. The van der Waals surface area contributed by atoms with E-state index in [0.29, 0.717) is 5.92 Å². The molecule has 1 fully saturated rings. The summed E-state index contributed by atoms with van der Waals surface area (Å²) in [5.74, 6) is -0.00245. The van der Waals surface area contributed by atoms with E-state index in [4.69, 9.17) is 0 Å². The first-order valence-electron chi connectivity index (χ1n) is 5.85. The smallest absolute Gasteiger partial charge is 0.326 e. The molecule has 2 aliphatic rings. The summed E-state index contributed by atoms with van der Waals surface area (Å²) in [7, 11) is 0. The fraction of sp³-hybridized carbons (Fsp3) is 0.462. The highest BCUT2D eigenvalue weighted by Crippen LogP contribution is 2.47. The average Bonchev–Trinajstić information content (AvgIpc) is 2.76. The van der Waals surface area contributed by atoms with Gasteiger partial charge in [0.25, 0.3) is 0 Å². The molecule has 0 aromatic heterocycles. The first-order chi connectivity index (χ1) is 7.77. The summed E-state index contributed by atoms with van der Waals surface area (Å²) in [5, 5.41) is 12.4. The lowest BCUT2D eigenvalue weighted by Gasteiger charge is -2.34. The average molecular weight is 217 g/mol. The normalized spacial score (nSPS) is 31.4. The van der Waals surface area contributed by atoms with E-state index in [1.165, 1.54) is 5.56 Å².